The lowest BCUT2D eigenvalue weighted by Gasteiger charge is -2.23. The van der Waals surface area contributed by atoms with Gasteiger partial charge in [0.1, 0.15) is 17.8 Å². The molecule has 6 heteroatoms. The first-order chi connectivity index (χ1) is 13.8. The fourth-order valence-electron chi connectivity index (χ4n) is 3.13. The van der Waals surface area contributed by atoms with Crippen LogP contribution < -0.4 is 10.1 Å². The summed E-state index contributed by atoms with van der Waals surface area (Å²) in [5, 5.41) is 7.49. The van der Waals surface area contributed by atoms with Crippen molar-refractivity contribution in [3.05, 3.63) is 103 Å². The molecule has 138 valence electrons. The number of aryl methyl sites for hydroxylation is 1. The smallest absolute Gasteiger partial charge is 0.220 e. The number of para-hydroxylation sites is 1. The summed E-state index contributed by atoms with van der Waals surface area (Å²) in [7, 11) is 1.90. The molecule has 2 aliphatic heterocycles. The first-order valence-corrected chi connectivity index (χ1v) is 8.93. The molecule has 5 rings (SSSR count). The van der Waals surface area contributed by atoms with Crippen molar-refractivity contribution in [2.45, 2.75) is 0 Å². The molecule has 0 atom stereocenters. The van der Waals surface area contributed by atoms with Crippen LogP contribution in [0.3, 0.4) is 0 Å². The van der Waals surface area contributed by atoms with Gasteiger partial charge in [-0.3, -0.25) is 9.58 Å². The molecule has 3 aromatic rings. The second-order valence-corrected chi connectivity index (χ2v) is 6.50. The maximum atomic E-state index is 5.87. The SMILES string of the molecule is Cn1cc(C2=CN3C(=CN2)OC=C3c2ccc(Oc3ccccc3)cc2)cn1. The van der Waals surface area contributed by atoms with Crippen LogP contribution in [0.2, 0.25) is 0 Å². The minimum Gasteiger partial charge on any atom is -0.457 e. The van der Waals surface area contributed by atoms with Crippen LogP contribution in [0.4, 0.5) is 0 Å². The van der Waals surface area contributed by atoms with Crippen LogP contribution in [-0.2, 0) is 11.8 Å². The van der Waals surface area contributed by atoms with Crippen LogP contribution in [-0.4, -0.2) is 14.7 Å². The van der Waals surface area contributed by atoms with Gasteiger partial charge in [-0.2, -0.15) is 5.10 Å². The molecular formula is C22H18N4O2. The third-order valence-corrected chi connectivity index (χ3v) is 4.54. The Labute approximate surface area is 162 Å². The lowest BCUT2D eigenvalue weighted by molar-refractivity contribution is 0.302. The number of fused-ring (bicyclic) bond motifs is 1. The maximum Gasteiger partial charge on any atom is 0.220 e. The van der Waals surface area contributed by atoms with Crippen LogP contribution in [0, 0.1) is 0 Å². The molecule has 28 heavy (non-hydrogen) atoms. The predicted molar refractivity (Wildman–Crippen MR) is 106 cm³/mol. The van der Waals surface area contributed by atoms with Gasteiger partial charge in [0.05, 0.1) is 23.8 Å². The van der Waals surface area contributed by atoms with E-state index in [2.05, 4.69) is 10.4 Å². The molecule has 1 aromatic heterocycles. The fourth-order valence-corrected chi connectivity index (χ4v) is 3.13. The molecule has 0 unspecified atom stereocenters. The first-order valence-electron chi connectivity index (χ1n) is 8.93. The Balaban J connectivity index is 1.38. The van der Waals surface area contributed by atoms with Crippen LogP contribution in [0.25, 0.3) is 11.4 Å². The highest BCUT2D eigenvalue weighted by atomic mass is 16.5. The summed E-state index contributed by atoms with van der Waals surface area (Å²) in [6.07, 6.45) is 9.41. The van der Waals surface area contributed by atoms with Crippen LogP contribution in [0.1, 0.15) is 11.1 Å². The Kier molecular flexibility index (Phi) is 3.87. The van der Waals surface area contributed by atoms with E-state index in [1.807, 2.05) is 91.3 Å². The number of nitrogens with one attached hydrogen (secondary N) is 1. The Bertz CT molecular complexity index is 1100. The van der Waals surface area contributed by atoms with E-state index in [1.54, 1.807) is 10.9 Å². The van der Waals surface area contributed by atoms with E-state index in [4.69, 9.17) is 9.47 Å². The third-order valence-electron chi connectivity index (χ3n) is 4.54. The molecule has 0 aliphatic carbocycles. The van der Waals surface area contributed by atoms with Gasteiger partial charge in [0.2, 0.25) is 5.88 Å². The second-order valence-electron chi connectivity index (χ2n) is 6.50. The number of benzene rings is 2. The molecule has 6 nitrogen and oxygen atoms in total. The molecule has 0 bridgehead atoms. The molecule has 0 spiro atoms. The minimum absolute atomic E-state index is 0.729. The number of hydrogen-bond donors (Lipinski definition) is 1. The van der Waals surface area contributed by atoms with Gasteiger partial charge in [0.15, 0.2) is 0 Å². The van der Waals surface area contributed by atoms with E-state index in [1.165, 1.54) is 0 Å². The number of ether oxygens (including phenoxy) is 2. The van der Waals surface area contributed by atoms with Crippen molar-refractivity contribution in [1.82, 2.24) is 20.0 Å². The number of aromatic nitrogens is 2. The highest BCUT2D eigenvalue weighted by Gasteiger charge is 2.26. The van der Waals surface area contributed by atoms with Gasteiger partial charge < -0.3 is 14.8 Å². The van der Waals surface area contributed by atoms with E-state index < -0.39 is 0 Å². The average Bonchev–Trinajstić information content (AvgIpc) is 3.35. The zero-order valence-electron chi connectivity index (χ0n) is 15.2. The molecule has 2 aromatic carbocycles. The summed E-state index contributed by atoms with van der Waals surface area (Å²) in [4.78, 5) is 2.02. The summed E-state index contributed by atoms with van der Waals surface area (Å²) in [6, 6.07) is 17.7. The highest BCUT2D eigenvalue weighted by molar-refractivity contribution is 5.73. The first kappa shape index (κ1) is 16.3. The van der Waals surface area contributed by atoms with Crippen molar-refractivity contribution in [2.75, 3.05) is 0 Å². The fraction of sp³-hybridized carbons (Fsp3) is 0.0455. The molecule has 2 aliphatic rings. The van der Waals surface area contributed by atoms with Gasteiger partial charge in [-0.05, 0) is 36.4 Å². The van der Waals surface area contributed by atoms with E-state index in [0.29, 0.717) is 0 Å². The van der Waals surface area contributed by atoms with Crippen LogP contribution >= 0.6 is 0 Å². The average molecular weight is 370 g/mol. The quantitative estimate of drug-likeness (QED) is 0.744. The molecule has 1 N–H and O–H groups in total. The largest absolute Gasteiger partial charge is 0.457 e. The third kappa shape index (κ3) is 3.01. The summed E-state index contributed by atoms with van der Waals surface area (Å²) >= 11 is 0. The van der Waals surface area contributed by atoms with Crippen molar-refractivity contribution in [3.8, 4) is 11.5 Å². The lowest BCUT2D eigenvalue weighted by Crippen LogP contribution is -2.21. The topological polar surface area (TPSA) is 51.5 Å². The zero-order chi connectivity index (χ0) is 18.9. The van der Waals surface area contributed by atoms with Crippen molar-refractivity contribution in [3.63, 3.8) is 0 Å². The predicted octanol–water partition coefficient (Wildman–Crippen LogP) is 4.24. The van der Waals surface area contributed by atoms with Gasteiger partial charge in [-0.1, -0.05) is 18.2 Å². The number of nitrogens with zero attached hydrogens (tertiary/aromatic N) is 3. The van der Waals surface area contributed by atoms with E-state index in [-0.39, 0.29) is 0 Å². The van der Waals surface area contributed by atoms with Gasteiger partial charge in [0, 0.05) is 30.6 Å². The van der Waals surface area contributed by atoms with Crippen molar-refractivity contribution in [1.29, 1.82) is 0 Å². The van der Waals surface area contributed by atoms with Gasteiger partial charge in [0.25, 0.3) is 0 Å². The van der Waals surface area contributed by atoms with Crippen molar-refractivity contribution < 1.29 is 9.47 Å². The standard InChI is InChI=1S/C22H18N4O2/c1-25-13-17(11-24-25)20-14-26-21(15-27-22(26)12-23-20)16-7-9-19(10-8-16)28-18-5-3-2-4-6-18/h2-15,23H,1H3. The molecule has 0 radical (unpaired) electrons. The zero-order valence-corrected chi connectivity index (χ0v) is 15.2. The number of hydrogen-bond acceptors (Lipinski definition) is 5. The Morgan fingerprint density at radius 2 is 1.75 bits per heavy atom. The second kappa shape index (κ2) is 6.66. The van der Waals surface area contributed by atoms with Crippen LogP contribution in [0.15, 0.2) is 91.5 Å². The molecule has 0 saturated carbocycles. The molecule has 0 saturated heterocycles. The summed E-state index contributed by atoms with van der Waals surface area (Å²) < 4.78 is 13.4. The Morgan fingerprint density at radius 1 is 0.964 bits per heavy atom. The lowest BCUT2D eigenvalue weighted by atomic mass is 10.1. The monoisotopic (exact) mass is 370 g/mol. The van der Waals surface area contributed by atoms with Crippen molar-refractivity contribution >= 4 is 11.4 Å². The summed E-state index contributed by atoms with van der Waals surface area (Å²) in [5.74, 6) is 2.33. The van der Waals surface area contributed by atoms with E-state index in [0.717, 1.165) is 39.9 Å². The molecular weight excluding hydrogens is 352 g/mol. The number of rotatable bonds is 4. The van der Waals surface area contributed by atoms with Gasteiger partial charge in [-0.25, -0.2) is 0 Å². The molecule has 3 heterocycles. The Hall–Kier alpha value is -3.93. The van der Waals surface area contributed by atoms with Crippen molar-refractivity contribution in [2.24, 2.45) is 7.05 Å². The highest BCUT2D eigenvalue weighted by Crippen LogP contribution is 2.35. The molecule has 0 fully saturated rings. The minimum atomic E-state index is 0.729. The Morgan fingerprint density at radius 3 is 2.50 bits per heavy atom. The summed E-state index contributed by atoms with van der Waals surface area (Å²) in [5.41, 5.74) is 3.96. The van der Waals surface area contributed by atoms with Gasteiger partial charge >= 0.3 is 0 Å². The maximum absolute atomic E-state index is 5.87. The summed E-state index contributed by atoms with van der Waals surface area (Å²) in [6.45, 7) is 0. The normalized spacial score (nSPS) is 15.0. The molecule has 0 amide bonds. The van der Waals surface area contributed by atoms with Crippen LogP contribution in [0.5, 0.6) is 11.5 Å². The van der Waals surface area contributed by atoms with E-state index >= 15 is 0 Å². The van der Waals surface area contributed by atoms with Gasteiger partial charge in [-0.15, -0.1) is 0 Å². The van der Waals surface area contributed by atoms with E-state index in [9.17, 15) is 0 Å².